The second-order valence-electron chi connectivity index (χ2n) is 3.67. The van der Waals surface area contributed by atoms with Crippen molar-refractivity contribution in [2.45, 2.75) is 24.2 Å². The normalized spacial score (nSPS) is 32.1. The lowest BCUT2D eigenvalue weighted by Gasteiger charge is -2.28. The Hall–Kier alpha value is 0.01000. The minimum absolute atomic E-state index is 0.279. The van der Waals surface area contributed by atoms with Crippen molar-refractivity contribution in [3.05, 3.63) is 34.3 Å². The molecule has 0 saturated carbocycles. The minimum atomic E-state index is -0.648. The molecule has 2 atom stereocenters. The lowest BCUT2D eigenvalue weighted by atomic mass is 9.89. The third kappa shape index (κ3) is 1.62. The van der Waals surface area contributed by atoms with E-state index in [0.717, 1.165) is 22.2 Å². The summed E-state index contributed by atoms with van der Waals surface area (Å²) in [6, 6.07) is 7.95. The Morgan fingerprint density at radius 3 is 2.79 bits per heavy atom. The Balaban J connectivity index is 2.43. The van der Waals surface area contributed by atoms with E-state index in [1.807, 2.05) is 36.0 Å². The fourth-order valence-corrected chi connectivity index (χ4v) is 3.83. The maximum atomic E-state index is 10.6. The van der Waals surface area contributed by atoms with Gasteiger partial charge < -0.3 is 5.11 Å². The Morgan fingerprint density at radius 1 is 1.50 bits per heavy atom. The Labute approximate surface area is 97.0 Å². The highest BCUT2D eigenvalue weighted by Crippen LogP contribution is 2.45. The quantitative estimate of drug-likeness (QED) is 0.848. The first-order valence-corrected chi connectivity index (χ1v) is 6.58. The highest BCUT2D eigenvalue weighted by Gasteiger charge is 2.41. The molecular formula is C11H13BrOS. The highest BCUT2D eigenvalue weighted by molar-refractivity contribution is 9.10. The fraction of sp³-hybridized carbons (Fsp3) is 0.455. The molecule has 1 aromatic rings. The molecule has 1 aliphatic rings. The van der Waals surface area contributed by atoms with Crippen molar-refractivity contribution in [2.24, 2.45) is 0 Å². The smallest absolute Gasteiger partial charge is 0.103 e. The summed E-state index contributed by atoms with van der Waals surface area (Å²) in [6.07, 6.45) is 0.849. The molecule has 3 heteroatoms. The van der Waals surface area contributed by atoms with E-state index in [9.17, 15) is 5.11 Å². The van der Waals surface area contributed by atoms with Crippen molar-refractivity contribution in [3.8, 4) is 0 Å². The van der Waals surface area contributed by atoms with Crippen molar-refractivity contribution in [1.82, 2.24) is 0 Å². The molecule has 0 aromatic heterocycles. The van der Waals surface area contributed by atoms with Gasteiger partial charge in [-0.1, -0.05) is 41.1 Å². The van der Waals surface area contributed by atoms with Gasteiger partial charge in [-0.15, -0.1) is 0 Å². The fourth-order valence-electron chi connectivity index (χ4n) is 1.90. The average molecular weight is 273 g/mol. The molecule has 76 valence electrons. The average Bonchev–Trinajstić information content (AvgIpc) is 2.49. The molecule has 1 aliphatic heterocycles. The summed E-state index contributed by atoms with van der Waals surface area (Å²) < 4.78 is 1.01. The number of thioether (sulfide) groups is 1. The SMILES string of the molecule is C[C@H]1SCC[C@@]1(O)c1ccccc1Br. The third-order valence-corrected chi connectivity index (χ3v) is 4.89. The van der Waals surface area contributed by atoms with Crippen LogP contribution in [0.1, 0.15) is 18.9 Å². The molecule has 1 fully saturated rings. The number of hydrogen-bond acceptors (Lipinski definition) is 2. The first kappa shape index (κ1) is 10.5. The summed E-state index contributed by atoms with van der Waals surface area (Å²) in [7, 11) is 0. The van der Waals surface area contributed by atoms with Crippen molar-refractivity contribution < 1.29 is 5.11 Å². The standard InChI is InChI=1S/C11H13BrOS/c1-8-11(13,6-7-14-8)9-4-2-3-5-10(9)12/h2-5,8,13H,6-7H2,1H3/t8-,11+/m1/s1. The van der Waals surface area contributed by atoms with E-state index >= 15 is 0 Å². The molecule has 2 rings (SSSR count). The van der Waals surface area contributed by atoms with Gasteiger partial charge in [0, 0.05) is 9.72 Å². The molecule has 1 nitrogen and oxygen atoms in total. The maximum absolute atomic E-state index is 10.6. The summed E-state index contributed by atoms with van der Waals surface area (Å²) in [5, 5.41) is 10.8. The van der Waals surface area contributed by atoms with Crippen LogP contribution in [0.5, 0.6) is 0 Å². The molecule has 1 N–H and O–H groups in total. The Bertz CT molecular complexity index is 342. The second kappa shape index (κ2) is 3.87. The van der Waals surface area contributed by atoms with Gasteiger partial charge in [-0.25, -0.2) is 0 Å². The monoisotopic (exact) mass is 272 g/mol. The van der Waals surface area contributed by atoms with Crippen molar-refractivity contribution in [1.29, 1.82) is 0 Å². The van der Waals surface area contributed by atoms with Crippen molar-refractivity contribution >= 4 is 27.7 Å². The molecule has 1 saturated heterocycles. The van der Waals surface area contributed by atoms with Gasteiger partial charge in [-0.2, -0.15) is 11.8 Å². The largest absolute Gasteiger partial charge is 0.384 e. The summed E-state index contributed by atoms with van der Waals surface area (Å²) in [5.41, 5.74) is 0.377. The number of halogens is 1. The molecule has 1 heterocycles. The van der Waals surface area contributed by atoms with Crippen LogP contribution >= 0.6 is 27.7 Å². The molecule has 0 spiro atoms. The molecule has 14 heavy (non-hydrogen) atoms. The van der Waals surface area contributed by atoms with Crippen LogP contribution in [0.4, 0.5) is 0 Å². The van der Waals surface area contributed by atoms with Crippen LogP contribution in [-0.4, -0.2) is 16.1 Å². The van der Waals surface area contributed by atoms with Gasteiger partial charge in [0.15, 0.2) is 0 Å². The number of aliphatic hydroxyl groups is 1. The van der Waals surface area contributed by atoms with Gasteiger partial charge in [0.05, 0.1) is 0 Å². The van der Waals surface area contributed by atoms with Crippen molar-refractivity contribution in [2.75, 3.05) is 5.75 Å². The van der Waals surface area contributed by atoms with Crippen LogP contribution in [-0.2, 0) is 5.60 Å². The lowest BCUT2D eigenvalue weighted by molar-refractivity contribution is 0.0420. The van der Waals surface area contributed by atoms with Crippen molar-refractivity contribution in [3.63, 3.8) is 0 Å². The number of benzene rings is 1. The molecule has 0 unspecified atom stereocenters. The summed E-state index contributed by atoms with van der Waals surface area (Å²) in [4.78, 5) is 0. The van der Waals surface area contributed by atoms with E-state index in [-0.39, 0.29) is 5.25 Å². The van der Waals surface area contributed by atoms with Crippen LogP contribution in [0.25, 0.3) is 0 Å². The summed E-state index contributed by atoms with van der Waals surface area (Å²) in [5.74, 6) is 1.04. The minimum Gasteiger partial charge on any atom is -0.384 e. The highest BCUT2D eigenvalue weighted by atomic mass is 79.9. The molecule has 0 radical (unpaired) electrons. The van der Waals surface area contributed by atoms with Crippen LogP contribution in [0.2, 0.25) is 0 Å². The van der Waals surface area contributed by atoms with Gasteiger partial charge in [0.25, 0.3) is 0 Å². The first-order chi connectivity index (χ1) is 6.64. The van der Waals surface area contributed by atoms with E-state index in [0.29, 0.717) is 0 Å². The molecule has 0 amide bonds. The Morgan fingerprint density at radius 2 is 2.21 bits per heavy atom. The van der Waals surface area contributed by atoms with E-state index in [2.05, 4.69) is 22.9 Å². The van der Waals surface area contributed by atoms with Gasteiger partial charge >= 0.3 is 0 Å². The van der Waals surface area contributed by atoms with E-state index in [1.165, 1.54) is 0 Å². The van der Waals surface area contributed by atoms with Gasteiger partial charge in [-0.3, -0.25) is 0 Å². The molecule has 0 bridgehead atoms. The van der Waals surface area contributed by atoms with Crippen LogP contribution in [0.15, 0.2) is 28.7 Å². The predicted molar refractivity (Wildman–Crippen MR) is 64.6 cm³/mol. The summed E-state index contributed by atoms with van der Waals surface area (Å²) >= 11 is 5.34. The Kier molecular flexibility index (Phi) is 2.91. The molecule has 0 aliphatic carbocycles. The van der Waals surface area contributed by atoms with Crippen LogP contribution in [0, 0.1) is 0 Å². The van der Waals surface area contributed by atoms with Crippen LogP contribution < -0.4 is 0 Å². The first-order valence-electron chi connectivity index (χ1n) is 4.73. The molecular weight excluding hydrogens is 260 g/mol. The third-order valence-electron chi connectivity index (χ3n) is 2.86. The topological polar surface area (TPSA) is 20.2 Å². The van der Waals surface area contributed by atoms with E-state index in [4.69, 9.17) is 0 Å². The molecule has 1 aromatic carbocycles. The summed E-state index contributed by atoms with van der Waals surface area (Å²) in [6.45, 7) is 2.09. The van der Waals surface area contributed by atoms with E-state index in [1.54, 1.807) is 0 Å². The maximum Gasteiger partial charge on any atom is 0.103 e. The number of hydrogen-bond donors (Lipinski definition) is 1. The zero-order valence-corrected chi connectivity index (χ0v) is 10.4. The van der Waals surface area contributed by atoms with E-state index < -0.39 is 5.60 Å². The second-order valence-corrected chi connectivity index (χ2v) is 5.97. The van der Waals surface area contributed by atoms with Gasteiger partial charge in [0.1, 0.15) is 5.60 Å². The predicted octanol–water partition coefficient (Wildman–Crippen LogP) is 3.16. The van der Waals surface area contributed by atoms with Crippen LogP contribution in [0.3, 0.4) is 0 Å². The lowest BCUT2D eigenvalue weighted by Crippen LogP contribution is -2.31. The van der Waals surface area contributed by atoms with Gasteiger partial charge in [0.2, 0.25) is 0 Å². The van der Waals surface area contributed by atoms with Gasteiger partial charge in [-0.05, 0) is 23.8 Å². The zero-order valence-electron chi connectivity index (χ0n) is 8.03. The zero-order chi connectivity index (χ0) is 10.2. The number of rotatable bonds is 1.